The second-order valence-electron chi connectivity index (χ2n) is 9.89. The van der Waals surface area contributed by atoms with Gasteiger partial charge in [-0.2, -0.15) is 0 Å². The number of alkyl carbamates (subject to hydrolysis) is 1. The predicted molar refractivity (Wildman–Crippen MR) is 152 cm³/mol. The van der Waals surface area contributed by atoms with Crippen LogP contribution in [0.25, 0.3) is 0 Å². The molecule has 0 spiro atoms. The minimum Gasteiger partial charge on any atom is -0.458 e. The third-order valence-corrected chi connectivity index (χ3v) is 6.68. The molecule has 2 aromatic rings. The van der Waals surface area contributed by atoms with E-state index in [1.807, 2.05) is 19.1 Å². The molecular formula is C32H39NO7. The number of nitrogens with one attached hydrogen (secondary N) is 1. The van der Waals surface area contributed by atoms with Gasteiger partial charge in [-0.05, 0) is 48.9 Å². The van der Waals surface area contributed by atoms with Crippen LogP contribution in [0.1, 0.15) is 78.7 Å². The molecule has 0 saturated heterocycles. The molecule has 8 heteroatoms. The van der Waals surface area contributed by atoms with E-state index in [9.17, 15) is 19.5 Å². The molecule has 2 aromatic carbocycles. The fourth-order valence-electron chi connectivity index (χ4n) is 4.28. The summed E-state index contributed by atoms with van der Waals surface area (Å²) in [7, 11) is 0. The normalized spacial score (nSPS) is 19.6. The van der Waals surface area contributed by atoms with Crippen LogP contribution in [0, 0.1) is 5.92 Å². The van der Waals surface area contributed by atoms with Crippen LogP contribution >= 0.6 is 0 Å². The van der Waals surface area contributed by atoms with Crippen LogP contribution in [0.2, 0.25) is 0 Å². The number of hydrogen-bond donors (Lipinski definition) is 2. The van der Waals surface area contributed by atoms with Crippen LogP contribution in [-0.4, -0.2) is 42.0 Å². The molecule has 214 valence electrons. The van der Waals surface area contributed by atoms with Gasteiger partial charge in [0.1, 0.15) is 17.4 Å². The second kappa shape index (κ2) is 16.3. The van der Waals surface area contributed by atoms with Crippen molar-refractivity contribution in [1.29, 1.82) is 0 Å². The Hall–Kier alpha value is -3.91. The van der Waals surface area contributed by atoms with Crippen molar-refractivity contribution in [1.82, 2.24) is 5.32 Å². The van der Waals surface area contributed by atoms with E-state index in [1.165, 1.54) is 6.20 Å². The first-order chi connectivity index (χ1) is 19.4. The second-order valence-corrected chi connectivity index (χ2v) is 9.89. The number of carbonyl (C=O) groups is 3. The van der Waals surface area contributed by atoms with Gasteiger partial charge in [0.15, 0.2) is 0 Å². The van der Waals surface area contributed by atoms with Crippen LogP contribution in [-0.2, 0) is 15.9 Å². The van der Waals surface area contributed by atoms with E-state index in [4.69, 9.17) is 14.2 Å². The lowest BCUT2D eigenvalue weighted by Gasteiger charge is -2.25. The average Bonchev–Trinajstić information content (AvgIpc) is 2.95. The molecule has 2 N–H and O–H groups in total. The average molecular weight is 550 g/mol. The Labute approximate surface area is 236 Å². The SMILES string of the molecule is CCCCCOC(=O)NC=CC[C@H]1C[C@@H](O)[C@@H](C)CC=CCc2cccc(OC(=O)c3ccccc3)c2C(=O)O1. The van der Waals surface area contributed by atoms with Gasteiger partial charge in [-0.3, -0.25) is 5.32 Å². The van der Waals surface area contributed by atoms with Crippen LogP contribution in [0.5, 0.6) is 5.75 Å². The number of unbranched alkanes of at least 4 members (excludes halogenated alkanes) is 2. The zero-order valence-corrected chi connectivity index (χ0v) is 23.2. The maximum atomic E-state index is 13.5. The molecule has 1 amide bonds. The summed E-state index contributed by atoms with van der Waals surface area (Å²) in [6.45, 7) is 4.37. The number of esters is 2. The number of allylic oxidation sites excluding steroid dienone is 2. The van der Waals surface area contributed by atoms with Gasteiger partial charge in [0.2, 0.25) is 0 Å². The highest BCUT2D eigenvalue weighted by atomic mass is 16.6. The lowest BCUT2D eigenvalue weighted by Crippen LogP contribution is -2.28. The molecule has 40 heavy (non-hydrogen) atoms. The summed E-state index contributed by atoms with van der Waals surface area (Å²) in [5, 5.41) is 13.3. The van der Waals surface area contributed by atoms with Crippen molar-refractivity contribution in [2.45, 2.75) is 71.0 Å². The van der Waals surface area contributed by atoms with Gasteiger partial charge in [0, 0.05) is 19.0 Å². The molecule has 3 rings (SSSR count). The molecule has 0 fully saturated rings. The van der Waals surface area contributed by atoms with Crippen LogP contribution in [0.3, 0.4) is 0 Å². The number of hydrogen-bond acceptors (Lipinski definition) is 7. The molecule has 3 atom stereocenters. The Morgan fingerprint density at radius 3 is 2.67 bits per heavy atom. The molecule has 0 saturated carbocycles. The summed E-state index contributed by atoms with van der Waals surface area (Å²) in [6.07, 6.45) is 9.46. The number of amides is 1. The number of ether oxygens (including phenoxy) is 3. The lowest BCUT2D eigenvalue weighted by molar-refractivity contribution is 0.00678. The van der Waals surface area contributed by atoms with E-state index < -0.39 is 30.2 Å². The highest BCUT2D eigenvalue weighted by Crippen LogP contribution is 2.28. The minimum atomic E-state index is -0.711. The van der Waals surface area contributed by atoms with E-state index in [-0.39, 0.29) is 30.1 Å². The molecule has 8 nitrogen and oxygen atoms in total. The molecule has 1 aliphatic rings. The van der Waals surface area contributed by atoms with E-state index in [1.54, 1.807) is 54.6 Å². The highest BCUT2D eigenvalue weighted by Gasteiger charge is 2.27. The van der Waals surface area contributed by atoms with Gasteiger partial charge >= 0.3 is 18.0 Å². The first-order valence-electron chi connectivity index (χ1n) is 13.9. The number of cyclic esters (lactones) is 1. The van der Waals surface area contributed by atoms with Crippen molar-refractivity contribution >= 4 is 18.0 Å². The fourth-order valence-corrected chi connectivity index (χ4v) is 4.28. The number of rotatable bonds is 9. The molecule has 0 aromatic heterocycles. The first kappa shape index (κ1) is 30.6. The number of carbonyl (C=O) groups excluding carboxylic acids is 3. The Kier molecular flexibility index (Phi) is 12.4. The monoisotopic (exact) mass is 549 g/mol. The van der Waals surface area contributed by atoms with Crippen LogP contribution < -0.4 is 10.1 Å². The van der Waals surface area contributed by atoms with E-state index in [0.717, 1.165) is 19.3 Å². The lowest BCUT2D eigenvalue weighted by atomic mass is 9.93. The standard InChI is InChI=1S/C32H39NO7/c1-3-4-10-21-38-32(37)33-20-12-18-26-22-27(34)23(2)13-8-9-14-24-17-11-19-28(29(24)31(36)39-26)40-30(35)25-15-6-5-7-16-25/h5-9,11-12,15-17,19-20,23,26-27,34H,3-4,10,13-14,18,21-22H2,1-2H3,(H,33,37)/t23-,26-,27+/m0/s1. The van der Waals surface area contributed by atoms with E-state index in [0.29, 0.717) is 30.6 Å². The summed E-state index contributed by atoms with van der Waals surface area (Å²) in [5.41, 5.74) is 1.19. The van der Waals surface area contributed by atoms with Gasteiger partial charge in [-0.1, -0.05) is 75.2 Å². The van der Waals surface area contributed by atoms with Crippen molar-refractivity contribution in [2.75, 3.05) is 6.61 Å². The predicted octanol–water partition coefficient (Wildman–Crippen LogP) is 6.14. The molecule has 0 unspecified atom stereocenters. The van der Waals surface area contributed by atoms with E-state index >= 15 is 0 Å². The Morgan fingerprint density at radius 2 is 1.90 bits per heavy atom. The quantitative estimate of drug-likeness (QED) is 0.167. The van der Waals surface area contributed by atoms with Crippen molar-refractivity contribution in [2.24, 2.45) is 5.92 Å². The van der Waals surface area contributed by atoms with Crippen molar-refractivity contribution < 1.29 is 33.7 Å². The molecular weight excluding hydrogens is 510 g/mol. The molecule has 1 aliphatic heterocycles. The smallest absolute Gasteiger partial charge is 0.411 e. The third kappa shape index (κ3) is 9.68. The molecule has 0 aliphatic carbocycles. The van der Waals surface area contributed by atoms with Gasteiger partial charge < -0.3 is 19.3 Å². The number of aliphatic hydroxyl groups is 1. The van der Waals surface area contributed by atoms with E-state index in [2.05, 4.69) is 12.2 Å². The maximum absolute atomic E-state index is 13.5. The third-order valence-electron chi connectivity index (χ3n) is 6.68. The van der Waals surface area contributed by atoms with Crippen LogP contribution in [0.15, 0.2) is 73.0 Å². The summed E-state index contributed by atoms with van der Waals surface area (Å²) in [5.74, 6) is -1.17. The largest absolute Gasteiger partial charge is 0.458 e. The molecule has 0 bridgehead atoms. The summed E-state index contributed by atoms with van der Waals surface area (Å²) in [6, 6.07) is 13.6. The van der Waals surface area contributed by atoms with Crippen molar-refractivity contribution in [3.63, 3.8) is 0 Å². The summed E-state index contributed by atoms with van der Waals surface area (Å²) < 4.78 is 16.7. The Balaban J connectivity index is 1.78. The van der Waals surface area contributed by atoms with Crippen molar-refractivity contribution in [3.8, 4) is 5.75 Å². The topological polar surface area (TPSA) is 111 Å². The number of benzene rings is 2. The summed E-state index contributed by atoms with van der Waals surface area (Å²) in [4.78, 5) is 38.2. The highest BCUT2D eigenvalue weighted by molar-refractivity contribution is 5.97. The van der Waals surface area contributed by atoms with Crippen molar-refractivity contribution in [3.05, 3.63) is 89.6 Å². The molecule has 1 heterocycles. The van der Waals surface area contributed by atoms with Gasteiger partial charge in [0.05, 0.1) is 18.3 Å². The Morgan fingerprint density at radius 1 is 1.10 bits per heavy atom. The number of fused-ring (bicyclic) bond motifs is 1. The zero-order valence-electron chi connectivity index (χ0n) is 23.2. The van der Waals surface area contributed by atoms with Gasteiger partial charge in [-0.15, -0.1) is 0 Å². The Bertz CT molecular complexity index is 1180. The molecule has 0 radical (unpaired) electrons. The maximum Gasteiger partial charge on any atom is 0.411 e. The van der Waals surface area contributed by atoms with Gasteiger partial charge in [-0.25, -0.2) is 14.4 Å². The zero-order chi connectivity index (χ0) is 28.7. The minimum absolute atomic E-state index is 0.0466. The number of aliphatic hydroxyl groups excluding tert-OH is 1. The first-order valence-corrected chi connectivity index (χ1v) is 13.9. The fraction of sp³-hybridized carbons (Fsp3) is 0.406. The summed E-state index contributed by atoms with van der Waals surface area (Å²) >= 11 is 0. The van der Waals surface area contributed by atoms with Gasteiger partial charge in [0.25, 0.3) is 0 Å². The van der Waals surface area contributed by atoms with Crippen LogP contribution in [0.4, 0.5) is 4.79 Å².